The van der Waals surface area contributed by atoms with Gasteiger partial charge in [-0.05, 0) is 32.6 Å². The molecule has 1 aromatic carbocycles. The number of hydrogen-bond donors (Lipinski definition) is 2. The Morgan fingerprint density at radius 2 is 1.77 bits per heavy atom. The Labute approximate surface area is 148 Å². The summed E-state index contributed by atoms with van der Waals surface area (Å²) in [5.41, 5.74) is 10.9. The van der Waals surface area contributed by atoms with Crippen molar-refractivity contribution in [2.75, 3.05) is 4.90 Å². The Hall–Kier alpha value is -3.24. The van der Waals surface area contributed by atoms with Gasteiger partial charge in [-0.25, -0.2) is 4.99 Å². The molecule has 0 aromatic heterocycles. The molecular formula is C15H19N7O4. The minimum atomic E-state index is -0.831. The Morgan fingerprint density at radius 1 is 1.12 bits per heavy atom. The van der Waals surface area contributed by atoms with Crippen molar-refractivity contribution in [1.82, 2.24) is 0 Å². The lowest BCUT2D eigenvalue weighted by molar-refractivity contribution is -0.394. The molecule has 1 aliphatic heterocycles. The van der Waals surface area contributed by atoms with Crippen molar-refractivity contribution < 1.29 is 9.85 Å². The number of nitrogens with zero attached hydrogens (tertiary/aromatic N) is 5. The van der Waals surface area contributed by atoms with E-state index in [1.54, 1.807) is 4.90 Å². The molecule has 11 nitrogen and oxygen atoms in total. The predicted octanol–water partition coefficient (Wildman–Crippen LogP) is 1.92. The van der Waals surface area contributed by atoms with Crippen LogP contribution in [-0.2, 0) is 0 Å². The second kappa shape index (κ2) is 6.24. The summed E-state index contributed by atoms with van der Waals surface area (Å²) in [5.74, 6) is 0.0653. The highest BCUT2D eigenvalue weighted by Gasteiger charge is 2.44. The molecular weight excluding hydrogens is 342 g/mol. The van der Waals surface area contributed by atoms with Gasteiger partial charge >= 0.3 is 0 Å². The lowest BCUT2D eigenvalue weighted by Crippen LogP contribution is -2.58. The summed E-state index contributed by atoms with van der Waals surface area (Å²) >= 11 is 0. The third-order valence-electron chi connectivity index (χ3n) is 4.84. The van der Waals surface area contributed by atoms with E-state index in [9.17, 15) is 20.2 Å². The van der Waals surface area contributed by atoms with Gasteiger partial charge < -0.3 is 11.5 Å². The first-order valence-electron chi connectivity index (χ1n) is 8.18. The van der Waals surface area contributed by atoms with Gasteiger partial charge in [0.2, 0.25) is 11.9 Å². The van der Waals surface area contributed by atoms with Crippen LogP contribution in [0.25, 0.3) is 0 Å². The Morgan fingerprint density at radius 3 is 2.35 bits per heavy atom. The van der Waals surface area contributed by atoms with Crippen molar-refractivity contribution in [1.29, 1.82) is 0 Å². The van der Waals surface area contributed by atoms with Gasteiger partial charge in [-0.1, -0.05) is 6.42 Å². The van der Waals surface area contributed by atoms with Crippen molar-refractivity contribution in [3.8, 4) is 0 Å². The smallest absolute Gasteiger partial charge is 0.281 e. The number of nitro groups is 2. The van der Waals surface area contributed by atoms with E-state index in [0.717, 1.165) is 25.3 Å². The van der Waals surface area contributed by atoms with Crippen LogP contribution < -0.4 is 16.4 Å². The fraction of sp³-hybridized carbons (Fsp3) is 0.467. The second-order valence-corrected chi connectivity index (χ2v) is 6.44. The number of nitrogens with two attached hydrogens (primary N) is 2. The van der Waals surface area contributed by atoms with Crippen LogP contribution in [0.3, 0.4) is 0 Å². The topological polar surface area (TPSA) is 166 Å². The van der Waals surface area contributed by atoms with Gasteiger partial charge in [0.1, 0.15) is 5.66 Å². The van der Waals surface area contributed by atoms with Gasteiger partial charge in [0.25, 0.3) is 11.4 Å². The zero-order valence-electron chi connectivity index (χ0n) is 14.2. The van der Waals surface area contributed by atoms with Gasteiger partial charge in [-0.3, -0.25) is 25.1 Å². The number of rotatable bonds is 3. The average Bonchev–Trinajstić information content (AvgIpc) is 2.55. The van der Waals surface area contributed by atoms with E-state index in [1.807, 2.05) is 0 Å². The normalized spacial score (nSPS) is 19.0. The molecule has 0 amide bonds. The molecule has 0 radical (unpaired) electrons. The maximum Gasteiger partial charge on any atom is 0.281 e. The van der Waals surface area contributed by atoms with E-state index in [2.05, 4.69) is 9.98 Å². The summed E-state index contributed by atoms with van der Waals surface area (Å²) < 4.78 is 0. The summed E-state index contributed by atoms with van der Waals surface area (Å²) in [7, 11) is 0. The molecule has 1 spiro atoms. The zero-order valence-corrected chi connectivity index (χ0v) is 14.2. The van der Waals surface area contributed by atoms with Crippen LogP contribution in [0.4, 0.5) is 17.1 Å². The SMILES string of the molecule is Cc1c(N2C(N)=NC(N)=NC23CCCCC3)cc([N+](=O)[O-])cc1[N+](=O)[O-]. The number of non-ortho nitro benzene ring substituents is 1. The molecule has 1 heterocycles. The molecule has 11 heteroatoms. The minimum Gasteiger partial charge on any atom is -0.369 e. The summed E-state index contributed by atoms with van der Waals surface area (Å²) in [4.78, 5) is 31.4. The molecule has 1 saturated carbocycles. The Bertz CT molecular complexity index is 843. The van der Waals surface area contributed by atoms with Crippen molar-refractivity contribution in [2.45, 2.75) is 44.7 Å². The van der Waals surface area contributed by atoms with Crippen LogP contribution in [0.15, 0.2) is 22.1 Å². The molecule has 138 valence electrons. The molecule has 0 unspecified atom stereocenters. The van der Waals surface area contributed by atoms with Gasteiger partial charge in [0.05, 0.1) is 27.2 Å². The highest BCUT2D eigenvalue weighted by molar-refractivity contribution is 6.06. The Kier molecular flexibility index (Phi) is 4.22. The first kappa shape index (κ1) is 17.6. The summed E-state index contributed by atoms with van der Waals surface area (Å²) in [6, 6.07) is 2.22. The molecule has 3 rings (SSSR count). The predicted molar refractivity (Wildman–Crippen MR) is 96.0 cm³/mol. The van der Waals surface area contributed by atoms with Gasteiger partial charge in [-0.2, -0.15) is 4.99 Å². The van der Waals surface area contributed by atoms with Crippen molar-refractivity contribution in [2.24, 2.45) is 21.5 Å². The van der Waals surface area contributed by atoms with Crippen LogP contribution >= 0.6 is 0 Å². The van der Waals surface area contributed by atoms with Crippen molar-refractivity contribution >= 4 is 29.0 Å². The largest absolute Gasteiger partial charge is 0.369 e. The maximum absolute atomic E-state index is 11.4. The van der Waals surface area contributed by atoms with E-state index in [-0.39, 0.29) is 28.9 Å². The molecule has 2 aliphatic rings. The van der Waals surface area contributed by atoms with Crippen LogP contribution in [0.1, 0.15) is 37.7 Å². The fourth-order valence-electron chi connectivity index (χ4n) is 3.67. The molecule has 0 saturated heterocycles. The molecule has 26 heavy (non-hydrogen) atoms. The van der Waals surface area contributed by atoms with Crippen LogP contribution in [0.5, 0.6) is 0 Å². The maximum atomic E-state index is 11.4. The van der Waals surface area contributed by atoms with Gasteiger partial charge in [0, 0.05) is 6.07 Å². The lowest BCUT2D eigenvalue weighted by Gasteiger charge is -2.45. The fourth-order valence-corrected chi connectivity index (χ4v) is 3.67. The zero-order chi connectivity index (χ0) is 19.1. The molecule has 0 bridgehead atoms. The number of hydrogen-bond acceptors (Lipinski definition) is 9. The number of aliphatic imine (C=N–C) groups is 2. The molecule has 0 atom stereocenters. The van der Waals surface area contributed by atoms with Gasteiger partial charge in [-0.15, -0.1) is 0 Å². The van der Waals surface area contributed by atoms with Crippen molar-refractivity contribution in [3.05, 3.63) is 37.9 Å². The monoisotopic (exact) mass is 361 g/mol. The van der Waals surface area contributed by atoms with Crippen LogP contribution in [0.2, 0.25) is 0 Å². The summed E-state index contributed by atoms with van der Waals surface area (Å²) in [5, 5.41) is 22.7. The number of anilines is 1. The third kappa shape index (κ3) is 2.80. The van der Waals surface area contributed by atoms with Gasteiger partial charge in [0.15, 0.2) is 0 Å². The first-order chi connectivity index (χ1) is 12.2. The second-order valence-electron chi connectivity index (χ2n) is 6.44. The van der Waals surface area contributed by atoms with E-state index >= 15 is 0 Å². The van der Waals surface area contributed by atoms with Crippen molar-refractivity contribution in [3.63, 3.8) is 0 Å². The van der Waals surface area contributed by atoms with E-state index in [4.69, 9.17) is 11.5 Å². The van der Waals surface area contributed by atoms with Crippen LogP contribution in [0, 0.1) is 27.2 Å². The van der Waals surface area contributed by atoms with E-state index < -0.39 is 21.2 Å². The number of nitro benzene ring substituents is 2. The van der Waals surface area contributed by atoms with Crippen LogP contribution in [-0.4, -0.2) is 27.4 Å². The first-order valence-corrected chi connectivity index (χ1v) is 8.18. The minimum absolute atomic E-state index is 0.0253. The quantitative estimate of drug-likeness (QED) is 0.612. The van der Waals surface area contributed by atoms with E-state index in [0.29, 0.717) is 12.8 Å². The van der Waals surface area contributed by atoms with E-state index in [1.165, 1.54) is 13.0 Å². The Balaban J connectivity index is 2.24. The lowest BCUT2D eigenvalue weighted by atomic mass is 9.87. The average molecular weight is 361 g/mol. The molecule has 1 aromatic rings. The highest BCUT2D eigenvalue weighted by Crippen LogP contribution is 2.43. The summed E-state index contributed by atoms with van der Waals surface area (Å²) in [6.45, 7) is 1.53. The number of benzene rings is 1. The standard InChI is InChI=1S/C15H19N7O4/c1-9-11(7-10(21(23)24)8-12(9)22(25)26)20-14(17)18-13(16)19-15(20)5-3-2-4-6-15/h7-8H,2-6H2,1H3,(H4,16,17,18,19). The summed E-state index contributed by atoms with van der Waals surface area (Å²) in [6.07, 6.45) is 4.02. The third-order valence-corrected chi connectivity index (χ3v) is 4.84. The molecule has 4 N–H and O–H groups in total. The number of guanidine groups is 2. The molecule has 1 aliphatic carbocycles. The highest BCUT2D eigenvalue weighted by atomic mass is 16.6. The molecule has 1 fully saturated rings.